The summed E-state index contributed by atoms with van der Waals surface area (Å²) in [7, 11) is -3.72. The van der Waals surface area contributed by atoms with Gasteiger partial charge in [0, 0.05) is 6.26 Å². The van der Waals surface area contributed by atoms with Gasteiger partial charge in [0.2, 0.25) is 20.2 Å². The van der Waals surface area contributed by atoms with Crippen molar-refractivity contribution in [3.05, 3.63) is 64.2 Å². The zero-order valence-corrected chi connectivity index (χ0v) is 22.1. The standard InChI is InChI=1S/C24H23ClN4O5S2/c1-14(2)16-5-7-17(8-6-16)33-10-11-34-20-9-4-15(13-19(20)25)12-18-21(26)29-23(27-22(18)30)35-28-24(29)36(3,31)32/h4-9,12-14,26H,10-11H2,1-3H3/b18-12-,26-21?. The van der Waals surface area contributed by atoms with Crippen LogP contribution in [-0.4, -0.2) is 54.9 Å². The summed E-state index contributed by atoms with van der Waals surface area (Å²) in [5.41, 5.74) is 1.67. The first-order chi connectivity index (χ1) is 17.0. The van der Waals surface area contributed by atoms with Gasteiger partial charge in [0.05, 0.1) is 22.5 Å². The molecule has 2 aromatic rings. The van der Waals surface area contributed by atoms with Crippen LogP contribution in [0.1, 0.15) is 30.9 Å². The van der Waals surface area contributed by atoms with Gasteiger partial charge in [-0.2, -0.15) is 9.39 Å². The van der Waals surface area contributed by atoms with Crippen molar-refractivity contribution in [1.82, 2.24) is 4.90 Å². The molecule has 2 aromatic carbocycles. The minimum atomic E-state index is -3.72. The molecule has 0 unspecified atom stereocenters. The van der Waals surface area contributed by atoms with Crippen molar-refractivity contribution in [2.24, 2.45) is 9.39 Å². The van der Waals surface area contributed by atoms with E-state index >= 15 is 0 Å². The number of halogens is 1. The molecule has 4 rings (SSSR count). The largest absolute Gasteiger partial charge is 0.490 e. The molecule has 0 fully saturated rings. The van der Waals surface area contributed by atoms with E-state index in [1.807, 2.05) is 24.3 Å². The van der Waals surface area contributed by atoms with Crippen LogP contribution in [-0.2, 0) is 14.6 Å². The van der Waals surface area contributed by atoms with Crippen LogP contribution in [0.4, 0.5) is 0 Å². The zero-order chi connectivity index (χ0) is 26.0. The highest BCUT2D eigenvalue weighted by atomic mass is 35.5. The number of rotatable bonds is 7. The molecule has 0 saturated heterocycles. The molecule has 0 radical (unpaired) electrons. The smallest absolute Gasteiger partial charge is 0.283 e. The minimum Gasteiger partial charge on any atom is -0.490 e. The molecule has 2 aliphatic rings. The number of ether oxygens (including phenoxy) is 2. The summed E-state index contributed by atoms with van der Waals surface area (Å²) >= 11 is 7.10. The number of aliphatic imine (C=N–C) groups is 1. The van der Waals surface area contributed by atoms with Crippen molar-refractivity contribution >= 4 is 61.5 Å². The summed E-state index contributed by atoms with van der Waals surface area (Å²) < 4.78 is 39.3. The van der Waals surface area contributed by atoms with Gasteiger partial charge in [-0.05, 0) is 47.4 Å². The first-order valence-electron chi connectivity index (χ1n) is 10.9. The summed E-state index contributed by atoms with van der Waals surface area (Å²) in [6, 6.07) is 12.8. The Balaban J connectivity index is 1.41. The molecule has 0 atom stereocenters. The molecule has 9 nitrogen and oxygen atoms in total. The highest BCUT2D eigenvalue weighted by Crippen LogP contribution is 2.31. The van der Waals surface area contributed by atoms with E-state index in [0.717, 1.165) is 28.9 Å². The van der Waals surface area contributed by atoms with E-state index in [-0.39, 0.29) is 28.4 Å². The number of amides is 1. The predicted molar refractivity (Wildman–Crippen MR) is 143 cm³/mol. The average molecular weight is 547 g/mol. The van der Waals surface area contributed by atoms with Crippen molar-refractivity contribution in [3.63, 3.8) is 0 Å². The molecule has 1 N–H and O–H groups in total. The number of hydrogen-bond donors (Lipinski definition) is 1. The van der Waals surface area contributed by atoms with E-state index < -0.39 is 15.7 Å². The Hall–Kier alpha value is -3.15. The molecule has 0 aromatic heterocycles. The number of fused-ring (bicyclic) bond motifs is 1. The molecular weight excluding hydrogens is 524 g/mol. The molecule has 2 heterocycles. The van der Waals surface area contributed by atoms with Gasteiger partial charge in [0.15, 0.2) is 0 Å². The number of amidine groups is 3. The van der Waals surface area contributed by atoms with Crippen LogP contribution in [0.5, 0.6) is 11.5 Å². The number of nitrogens with zero attached hydrogens (tertiary/aromatic N) is 3. The molecular formula is C24H23ClN4O5S2. The fraction of sp³-hybridized carbons (Fsp3) is 0.250. The molecule has 2 aliphatic heterocycles. The van der Waals surface area contributed by atoms with E-state index in [1.165, 1.54) is 11.6 Å². The van der Waals surface area contributed by atoms with Crippen molar-refractivity contribution in [2.45, 2.75) is 19.8 Å². The Morgan fingerprint density at radius 2 is 1.83 bits per heavy atom. The van der Waals surface area contributed by atoms with E-state index in [9.17, 15) is 13.2 Å². The van der Waals surface area contributed by atoms with Crippen molar-refractivity contribution < 1.29 is 22.7 Å². The molecule has 0 aliphatic carbocycles. The summed E-state index contributed by atoms with van der Waals surface area (Å²) in [4.78, 5) is 17.4. The Bertz CT molecular complexity index is 1420. The molecule has 0 bridgehead atoms. The van der Waals surface area contributed by atoms with Crippen molar-refractivity contribution in [3.8, 4) is 11.5 Å². The molecule has 36 heavy (non-hydrogen) atoms. The summed E-state index contributed by atoms with van der Waals surface area (Å²) in [6.07, 6.45) is 2.40. The molecule has 0 spiro atoms. The third kappa shape index (κ3) is 5.63. The third-order valence-corrected chi connectivity index (χ3v) is 7.30. The Labute approximate surface area is 218 Å². The zero-order valence-electron chi connectivity index (χ0n) is 19.7. The Morgan fingerprint density at radius 1 is 1.14 bits per heavy atom. The number of carbonyl (C=O) groups is 1. The SMILES string of the molecule is CC(C)c1ccc(OCCOc2ccc(/C=C3/C(=N)N4C(=NC3=O)SN=C4S(C)(=O)=O)cc2Cl)cc1. The molecule has 0 saturated carbocycles. The molecule has 12 heteroatoms. The van der Waals surface area contributed by atoms with Gasteiger partial charge in [-0.25, -0.2) is 13.3 Å². The second kappa shape index (κ2) is 10.5. The first-order valence-corrected chi connectivity index (χ1v) is 13.9. The maximum atomic E-state index is 12.5. The molecule has 188 valence electrons. The number of sulfone groups is 1. The topological polar surface area (TPSA) is 121 Å². The van der Waals surface area contributed by atoms with Gasteiger partial charge in [-0.3, -0.25) is 10.2 Å². The first kappa shape index (κ1) is 25.9. The highest BCUT2D eigenvalue weighted by molar-refractivity contribution is 8.16. The fourth-order valence-electron chi connectivity index (χ4n) is 3.39. The minimum absolute atomic E-state index is 0.0300. The Morgan fingerprint density at radius 3 is 2.47 bits per heavy atom. The van der Waals surface area contributed by atoms with Crippen LogP contribution in [0.15, 0.2) is 57.4 Å². The average Bonchev–Trinajstić information content (AvgIpc) is 3.25. The van der Waals surface area contributed by atoms with Gasteiger partial charge in [0.1, 0.15) is 30.5 Å². The number of nitrogens with one attached hydrogen (secondary N) is 1. The number of carbonyl (C=O) groups excluding carboxylic acids is 1. The number of benzene rings is 2. The maximum Gasteiger partial charge on any atom is 0.283 e. The van der Waals surface area contributed by atoms with Gasteiger partial charge >= 0.3 is 0 Å². The Kier molecular flexibility index (Phi) is 7.53. The summed E-state index contributed by atoms with van der Waals surface area (Å²) in [5.74, 6) is 0.647. The van der Waals surface area contributed by atoms with E-state index in [0.29, 0.717) is 28.9 Å². The van der Waals surface area contributed by atoms with Gasteiger partial charge in [0.25, 0.3) is 5.91 Å². The van der Waals surface area contributed by atoms with Gasteiger partial charge in [-0.15, -0.1) is 0 Å². The van der Waals surface area contributed by atoms with E-state index in [2.05, 4.69) is 23.2 Å². The number of hydrogen-bond acceptors (Lipinski definition) is 8. The van der Waals surface area contributed by atoms with Crippen molar-refractivity contribution in [1.29, 1.82) is 5.41 Å². The lowest BCUT2D eigenvalue weighted by atomic mass is 10.0. The second-order valence-electron chi connectivity index (χ2n) is 8.29. The second-order valence-corrected chi connectivity index (χ2v) is 11.3. The van der Waals surface area contributed by atoms with Crippen LogP contribution in [0, 0.1) is 5.41 Å². The third-order valence-electron chi connectivity index (χ3n) is 5.25. The normalized spacial score (nSPS) is 16.8. The summed E-state index contributed by atoms with van der Waals surface area (Å²) in [5, 5.41) is 8.40. The monoisotopic (exact) mass is 546 g/mol. The van der Waals surface area contributed by atoms with Crippen LogP contribution in [0.2, 0.25) is 5.02 Å². The van der Waals surface area contributed by atoms with Gasteiger partial charge in [-0.1, -0.05) is 43.6 Å². The summed E-state index contributed by atoms with van der Waals surface area (Å²) in [6.45, 7) is 4.86. The lowest BCUT2D eigenvalue weighted by Crippen LogP contribution is -2.45. The van der Waals surface area contributed by atoms with Crippen LogP contribution < -0.4 is 9.47 Å². The van der Waals surface area contributed by atoms with E-state index in [1.54, 1.807) is 18.2 Å². The fourth-order valence-corrected chi connectivity index (χ4v) is 5.48. The van der Waals surface area contributed by atoms with Crippen LogP contribution >= 0.6 is 23.5 Å². The van der Waals surface area contributed by atoms with E-state index in [4.69, 9.17) is 26.5 Å². The lowest BCUT2D eigenvalue weighted by Gasteiger charge is -2.23. The van der Waals surface area contributed by atoms with Crippen LogP contribution in [0.25, 0.3) is 6.08 Å². The quantitative estimate of drug-likeness (QED) is 0.307. The predicted octanol–water partition coefficient (Wildman–Crippen LogP) is 4.54. The maximum absolute atomic E-state index is 12.5. The molecule has 1 amide bonds. The highest BCUT2D eigenvalue weighted by Gasteiger charge is 2.41. The van der Waals surface area contributed by atoms with Crippen LogP contribution in [0.3, 0.4) is 0 Å². The lowest BCUT2D eigenvalue weighted by molar-refractivity contribution is -0.114. The van der Waals surface area contributed by atoms with Crippen molar-refractivity contribution in [2.75, 3.05) is 19.5 Å². The van der Waals surface area contributed by atoms with Gasteiger partial charge < -0.3 is 9.47 Å².